The van der Waals surface area contributed by atoms with Gasteiger partial charge in [0, 0.05) is 11.1 Å². The summed E-state index contributed by atoms with van der Waals surface area (Å²) < 4.78 is 0. The van der Waals surface area contributed by atoms with E-state index >= 15 is 0 Å². The van der Waals surface area contributed by atoms with E-state index in [2.05, 4.69) is 10.3 Å². The fourth-order valence-electron chi connectivity index (χ4n) is 1.16. The maximum Gasteiger partial charge on any atom is 0.133 e. The highest BCUT2D eigenvalue weighted by Crippen LogP contribution is 2.21. The van der Waals surface area contributed by atoms with Crippen molar-refractivity contribution in [2.24, 2.45) is 10.3 Å². The summed E-state index contributed by atoms with van der Waals surface area (Å²) in [4.78, 5) is 0. The SMILES string of the molecule is Cc1cc(/C=N\O)c(O)c(/C=N\O)c1. The highest BCUT2D eigenvalue weighted by atomic mass is 16.4. The lowest BCUT2D eigenvalue weighted by Crippen LogP contribution is -1.91. The van der Waals surface area contributed by atoms with Gasteiger partial charge in [-0.15, -0.1) is 0 Å². The molecule has 3 N–H and O–H groups in total. The van der Waals surface area contributed by atoms with E-state index in [1.54, 1.807) is 12.1 Å². The quantitative estimate of drug-likeness (QED) is 0.377. The van der Waals surface area contributed by atoms with Crippen LogP contribution in [-0.2, 0) is 0 Å². The van der Waals surface area contributed by atoms with E-state index in [1.807, 2.05) is 6.92 Å². The predicted molar refractivity (Wildman–Crippen MR) is 51.6 cm³/mol. The van der Waals surface area contributed by atoms with Crippen LogP contribution in [0.15, 0.2) is 22.4 Å². The molecule has 0 aliphatic carbocycles. The molecule has 0 aliphatic rings. The Bertz CT molecular complexity index is 353. The van der Waals surface area contributed by atoms with E-state index in [0.29, 0.717) is 11.1 Å². The van der Waals surface area contributed by atoms with Gasteiger partial charge in [-0.3, -0.25) is 0 Å². The monoisotopic (exact) mass is 194 g/mol. The molecule has 0 atom stereocenters. The van der Waals surface area contributed by atoms with Crippen LogP contribution < -0.4 is 0 Å². The molecule has 0 radical (unpaired) electrons. The molecule has 0 saturated heterocycles. The summed E-state index contributed by atoms with van der Waals surface area (Å²) in [5.74, 6) is -0.0915. The number of hydrogen-bond acceptors (Lipinski definition) is 5. The molecule has 1 aromatic rings. The number of benzene rings is 1. The van der Waals surface area contributed by atoms with Gasteiger partial charge >= 0.3 is 0 Å². The van der Waals surface area contributed by atoms with Crippen molar-refractivity contribution >= 4 is 12.4 Å². The average Bonchev–Trinajstić information content (AvgIpc) is 2.14. The minimum atomic E-state index is -0.0915. The van der Waals surface area contributed by atoms with Crippen LogP contribution in [0, 0.1) is 6.92 Å². The second-order valence-corrected chi connectivity index (χ2v) is 2.78. The average molecular weight is 194 g/mol. The van der Waals surface area contributed by atoms with E-state index in [4.69, 9.17) is 10.4 Å². The van der Waals surface area contributed by atoms with Crippen LogP contribution in [-0.4, -0.2) is 28.0 Å². The van der Waals surface area contributed by atoms with Gasteiger partial charge < -0.3 is 15.5 Å². The smallest absolute Gasteiger partial charge is 0.133 e. The van der Waals surface area contributed by atoms with Crippen LogP contribution in [0.2, 0.25) is 0 Å². The minimum Gasteiger partial charge on any atom is -0.507 e. The van der Waals surface area contributed by atoms with Crippen molar-refractivity contribution in [1.29, 1.82) is 0 Å². The van der Waals surface area contributed by atoms with Crippen molar-refractivity contribution < 1.29 is 15.5 Å². The number of aromatic hydroxyl groups is 1. The van der Waals surface area contributed by atoms with Gasteiger partial charge in [-0.05, 0) is 24.6 Å². The summed E-state index contributed by atoms with van der Waals surface area (Å²) in [5, 5.41) is 31.9. The second-order valence-electron chi connectivity index (χ2n) is 2.78. The largest absolute Gasteiger partial charge is 0.507 e. The van der Waals surface area contributed by atoms with E-state index in [9.17, 15) is 5.11 Å². The third-order valence-corrected chi connectivity index (χ3v) is 1.71. The Morgan fingerprint density at radius 3 is 1.86 bits per heavy atom. The van der Waals surface area contributed by atoms with Crippen molar-refractivity contribution in [3.05, 3.63) is 28.8 Å². The molecule has 0 heterocycles. The van der Waals surface area contributed by atoms with Crippen molar-refractivity contribution in [3.8, 4) is 5.75 Å². The maximum atomic E-state index is 9.57. The highest BCUT2D eigenvalue weighted by molar-refractivity contribution is 5.91. The molecule has 0 unspecified atom stereocenters. The molecule has 1 rings (SSSR count). The molecule has 5 nitrogen and oxygen atoms in total. The molecule has 0 aliphatic heterocycles. The van der Waals surface area contributed by atoms with Crippen molar-refractivity contribution in [2.45, 2.75) is 6.92 Å². The molecule has 0 saturated carbocycles. The van der Waals surface area contributed by atoms with E-state index in [1.165, 1.54) is 0 Å². The molecule has 0 aromatic heterocycles. The topological polar surface area (TPSA) is 85.4 Å². The van der Waals surface area contributed by atoms with Gasteiger partial charge in [0.2, 0.25) is 0 Å². The van der Waals surface area contributed by atoms with Crippen molar-refractivity contribution in [3.63, 3.8) is 0 Å². The van der Waals surface area contributed by atoms with Crippen LogP contribution in [0.1, 0.15) is 16.7 Å². The summed E-state index contributed by atoms with van der Waals surface area (Å²) >= 11 is 0. The van der Waals surface area contributed by atoms with Crippen LogP contribution in [0.4, 0.5) is 0 Å². The predicted octanol–water partition coefficient (Wildman–Crippen LogP) is 1.32. The molecule has 0 spiro atoms. The molecule has 74 valence electrons. The molecular weight excluding hydrogens is 184 g/mol. The van der Waals surface area contributed by atoms with Gasteiger partial charge in [0.05, 0.1) is 12.4 Å². The Morgan fingerprint density at radius 2 is 1.50 bits per heavy atom. The summed E-state index contributed by atoms with van der Waals surface area (Å²) in [7, 11) is 0. The summed E-state index contributed by atoms with van der Waals surface area (Å²) in [6.45, 7) is 1.81. The molecule has 0 fully saturated rings. The highest BCUT2D eigenvalue weighted by Gasteiger charge is 2.05. The van der Waals surface area contributed by atoms with E-state index in [-0.39, 0.29) is 5.75 Å². The van der Waals surface area contributed by atoms with Gasteiger partial charge in [0.25, 0.3) is 0 Å². The lowest BCUT2D eigenvalue weighted by molar-refractivity contribution is 0.321. The summed E-state index contributed by atoms with van der Waals surface area (Å²) in [5.41, 5.74) is 1.58. The first-order chi connectivity index (χ1) is 6.69. The number of aryl methyl sites for hydroxylation is 1. The van der Waals surface area contributed by atoms with Gasteiger partial charge in [-0.25, -0.2) is 0 Å². The molecular formula is C9H10N2O3. The lowest BCUT2D eigenvalue weighted by atomic mass is 10.1. The second kappa shape index (κ2) is 4.27. The van der Waals surface area contributed by atoms with Gasteiger partial charge in [0.15, 0.2) is 0 Å². The van der Waals surface area contributed by atoms with Gasteiger partial charge in [-0.1, -0.05) is 10.3 Å². The number of oxime groups is 2. The number of rotatable bonds is 2. The fraction of sp³-hybridized carbons (Fsp3) is 0.111. The zero-order valence-electron chi connectivity index (χ0n) is 7.55. The Labute approximate surface area is 80.6 Å². The third kappa shape index (κ3) is 2.01. The number of nitrogens with zero attached hydrogens (tertiary/aromatic N) is 2. The van der Waals surface area contributed by atoms with Gasteiger partial charge in [-0.2, -0.15) is 0 Å². The first-order valence-corrected chi connectivity index (χ1v) is 3.87. The minimum absolute atomic E-state index is 0.0915. The first-order valence-electron chi connectivity index (χ1n) is 3.87. The van der Waals surface area contributed by atoms with Crippen LogP contribution in [0.3, 0.4) is 0 Å². The van der Waals surface area contributed by atoms with Crippen LogP contribution in [0.5, 0.6) is 5.75 Å². The maximum absolute atomic E-state index is 9.57. The third-order valence-electron chi connectivity index (χ3n) is 1.71. The van der Waals surface area contributed by atoms with E-state index in [0.717, 1.165) is 18.0 Å². The number of hydrogen-bond donors (Lipinski definition) is 3. The lowest BCUT2D eigenvalue weighted by Gasteiger charge is -2.03. The standard InChI is InChI=1S/C9H10N2O3/c1-6-2-7(4-10-13)9(12)8(3-6)5-11-14/h2-5,12-14H,1H3/b10-4-,11-5-. The zero-order chi connectivity index (χ0) is 10.6. The molecule has 5 heteroatoms. The van der Waals surface area contributed by atoms with Crippen molar-refractivity contribution in [1.82, 2.24) is 0 Å². The fourth-order valence-corrected chi connectivity index (χ4v) is 1.16. The Balaban J connectivity index is 3.31. The molecule has 0 bridgehead atoms. The summed E-state index contributed by atoms with van der Waals surface area (Å²) in [6, 6.07) is 3.29. The normalized spacial score (nSPS) is 11.5. The van der Waals surface area contributed by atoms with E-state index < -0.39 is 0 Å². The molecule has 14 heavy (non-hydrogen) atoms. The van der Waals surface area contributed by atoms with Gasteiger partial charge in [0.1, 0.15) is 5.75 Å². The first kappa shape index (κ1) is 10.0. The number of phenols is 1. The number of phenolic OH excluding ortho intramolecular Hbond substituents is 1. The van der Waals surface area contributed by atoms with Crippen molar-refractivity contribution in [2.75, 3.05) is 0 Å². The van der Waals surface area contributed by atoms with Crippen LogP contribution in [0.25, 0.3) is 0 Å². The molecule has 0 amide bonds. The Morgan fingerprint density at radius 1 is 1.07 bits per heavy atom. The molecule has 1 aromatic carbocycles. The zero-order valence-corrected chi connectivity index (χ0v) is 7.55. The summed E-state index contributed by atoms with van der Waals surface area (Å²) in [6.07, 6.45) is 2.22. The Hall–Kier alpha value is -2.04. The Kier molecular flexibility index (Phi) is 3.06. The van der Waals surface area contributed by atoms with Crippen LogP contribution >= 0.6 is 0 Å².